The number of aromatic nitrogens is 4. The highest BCUT2D eigenvalue weighted by Gasteiger charge is 2.34. The second-order valence-corrected chi connectivity index (χ2v) is 7.85. The first kappa shape index (κ1) is 18.6. The summed E-state index contributed by atoms with van der Waals surface area (Å²) in [7, 11) is 1.66. The van der Waals surface area contributed by atoms with Gasteiger partial charge in [0.25, 0.3) is 0 Å². The van der Waals surface area contributed by atoms with E-state index in [9.17, 15) is 0 Å². The molecule has 1 aromatic carbocycles. The average molecular weight is 401 g/mol. The topological polar surface area (TPSA) is 91.1 Å². The lowest BCUT2D eigenvalue weighted by Crippen LogP contribution is -2.47. The molecule has 3 aromatic rings. The van der Waals surface area contributed by atoms with Gasteiger partial charge in [-0.05, 0) is 25.0 Å². The summed E-state index contributed by atoms with van der Waals surface area (Å²) in [5, 5.41) is 10.1. The van der Waals surface area contributed by atoms with Crippen molar-refractivity contribution in [1.29, 1.82) is 5.26 Å². The van der Waals surface area contributed by atoms with E-state index in [0.29, 0.717) is 5.92 Å². The predicted molar refractivity (Wildman–Crippen MR) is 114 cm³/mol. The van der Waals surface area contributed by atoms with Crippen LogP contribution in [0, 0.1) is 17.2 Å². The number of nitriles is 1. The van der Waals surface area contributed by atoms with Crippen LogP contribution in [0.1, 0.15) is 24.5 Å². The number of nitrogens with zero attached hydrogens (tertiary/aromatic N) is 7. The zero-order chi connectivity index (χ0) is 20.5. The molecule has 0 bridgehead atoms. The Labute approximate surface area is 175 Å². The van der Waals surface area contributed by atoms with Gasteiger partial charge in [-0.2, -0.15) is 5.26 Å². The van der Waals surface area contributed by atoms with E-state index in [1.165, 1.54) is 0 Å². The van der Waals surface area contributed by atoms with Crippen molar-refractivity contribution in [1.82, 2.24) is 19.9 Å². The van der Waals surface area contributed by atoms with E-state index in [2.05, 4.69) is 30.8 Å². The molecule has 2 fully saturated rings. The fraction of sp³-hybridized carbons (Fsp3) is 0.409. The number of hydrogen-bond donors (Lipinski definition) is 0. The summed E-state index contributed by atoms with van der Waals surface area (Å²) in [5.41, 5.74) is 1.91. The largest absolute Gasteiger partial charge is 0.497 e. The van der Waals surface area contributed by atoms with Crippen LogP contribution in [0.3, 0.4) is 0 Å². The van der Waals surface area contributed by atoms with Crippen molar-refractivity contribution < 1.29 is 4.74 Å². The third-order valence-electron chi connectivity index (χ3n) is 6.01. The molecule has 2 aromatic heterocycles. The van der Waals surface area contributed by atoms with Crippen molar-refractivity contribution >= 4 is 22.7 Å². The van der Waals surface area contributed by atoms with Crippen LogP contribution in [0.15, 0.2) is 36.8 Å². The summed E-state index contributed by atoms with van der Waals surface area (Å²) in [6.07, 6.45) is 7.15. The Morgan fingerprint density at radius 3 is 2.63 bits per heavy atom. The molecule has 30 heavy (non-hydrogen) atoms. The number of rotatable bonds is 4. The van der Waals surface area contributed by atoms with Gasteiger partial charge in [0.15, 0.2) is 5.82 Å². The quantitative estimate of drug-likeness (QED) is 0.659. The van der Waals surface area contributed by atoms with Gasteiger partial charge in [0.05, 0.1) is 24.4 Å². The van der Waals surface area contributed by atoms with E-state index < -0.39 is 0 Å². The maximum Gasteiger partial charge on any atom is 0.225 e. The molecule has 2 saturated heterocycles. The van der Waals surface area contributed by atoms with Crippen LogP contribution in [-0.2, 0) is 0 Å². The van der Waals surface area contributed by atoms with Gasteiger partial charge in [0, 0.05) is 68.1 Å². The highest BCUT2D eigenvalue weighted by atomic mass is 16.5. The summed E-state index contributed by atoms with van der Waals surface area (Å²) in [5.74, 6) is 2.93. The molecule has 0 saturated carbocycles. The number of fused-ring (bicyclic) bond motifs is 1. The van der Waals surface area contributed by atoms with Crippen molar-refractivity contribution in [2.45, 2.75) is 18.8 Å². The number of methoxy groups -OCH3 is 1. The first-order chi connectivity index (χ1) is 14.7. The van der Waals surface area contributed by atoms with Crippen molar-refractivity contribution in [3.8, 4) is 11.8 Å². The number of hydrogen-bond acceptors (Lipinski definition) is 8. The molecular formula is C22H23N7O. The van der Waals surface area contributed by atoms with Crippen LogP contribution in [-0.4, -0.2) is 53.2 Å². The first-order valence-electron chi connectivity index (χ1n) is 10.3. The molecular weight excluding hydrogens is 378 g/mol. The first-order valence-corrected chi connectivity index (χ1v) is 10.3. The number of anilines is 2. The Hall–Kier alpha value is -3.47. The third kappa shape index (κ3) is 3.36. The Balaban J connectivity index is 1.32. The van der Waals surface area contributed by atoms with Crippen LogP contribution < -0.4 is 14.5 Å². The van der Waals surface area contributed by atoms with Gasteiger partial charge in [0.1, 0.15) is 5.75 Å². The summed E-state index contributed by atoms with van der Waals surface area (Å²) >= 11 is 0. The molecule has 0 spiro atoms. The zero-order valence-corrected chi connectivity index (χ0v) is 16.9. The minimum Gasteiger partial charge on any atom is -0.497 e. The molecule has 0 aliphatic carbocycles. The van der Waals surface area contributed by atoms with E-state index >= 15 is 0 Å². The Morgan fingerprint density at radius 2 is 1.87 bits per heavy atom. The van der Waals surface area contributed by atoms with Crippen molar-refractivity contribution in [2.75, 3.05) is 43.1 Å². The standard InChI is InChI=1S/C22H23N7O/c1-30-18-3-2-16-12-26-22(27-19(16)10-18)29-13-17(14-29)20-21(25-7-6-24-20)28-8-4-15(11-23)5-9-28/h2-3,6-7,10,12,15,17H,4-5,8-9,13-14H2,1H3. The van der Waals surface area contributed by atoms with E-state index in [4.69, 9.17) is 15.0 Å². The molecule has 152 valence electrons. The van der Waals surface area contributed by atoms with Gasteiger partial charge in [-0.15, -0.1) is 0 Å². The molecule has 0 unspecified atom stereocenters. The molecule has 0 atom stereocenters. The van der Waals surface area contributed by atoms with Crippen molar-refractivity contribution in [3.63, 3.8) is 0 Å². The SMILES string of the molecule is COc1ccc2cnc(N3CC(c4nccnc4N4CCC(C#N)CC4)C3)nc2c1. The summed E-state index contributed by atoms with van der Waals surface area (Å²) in [6.45, 7) is 3.34. The predicted octanol–water partition coefficient (Wildman–Crippen LogP) is 2.77. The van der Waals surface area contributed by atoms with Gasteiger partial charge in [-0.25, -0.2) is 15.0 Å². The van der Waals surface area contributed by atoms with Crippen molar-refractivity contribution in [2.24, 2.45) is 5.92 Å². The lowest BCUT2D eigenvalue weighted by molar-refractivity contribution is 0.415. The average Bonchev–Trinajstić information content (AvgIpc) is 2.78. The van der Waals surface area contributed by atoms with Crippen molar-refractivity contribution in [3.05, 3.63) is 42.5 Å². The Morgan fingerprint density at radius 1 is 1.07 bits per heavy atom. The fourth-order valence-electron chi connectivity index (χ4n) is 4.18. The summed E-state index contributed by atoms with van der Waals surface area (Å²) in [6, 6.07) is 8.21. The molecule has 0 N–H and O–H groups in total. The van der Waals surface area contributed by atoms with Gasteiger partial charge >= 0.3 is 0 Å². The van der Waals surface area contributed by atoms with Crippen LogP contribution in [0.25, 0.3) is 10.9 Å². The smallest absolute Gasteiger partial charge is 0.225 e. The molecule has 8 nitrogen and oxygen atoms in total. The van der Waals surface area contributed by atoms with Crippen LogP contribution >= 0.6 is 0 Å². The Kier molecular flexibility index (Phi) is 4.79. The summed E-state index contributed by atoms with van der Waals surface area (Å²) in [4.78, 5) is 23.0. The van der Waals surface area contributed by atoms with Gasteiger partial charge in [-0.3, -0.25) is 4.98 Å². The van der Waals surface area contributed by atoms with Gasteiger partial charge < -0.3 is 14.5 Å². The lowest BCUT2D eigenvalue weighted by Gasteiger charge is -2.40. The second kappa shape index (κ2) is 7.75. The van der Waals surface area contributed by atoms with Crippen LogP contribution in [0.5, 0.6) is 5.75 Å². The Bertz CT molecular complexity index is 1100. The minimum atomic E-state index is 0.157. The van der Waals surface area contributed by atoms with Gasteiger partial charge in [0.2, 0.25) is 5.95 Å². The number of piperidine rings is 1. The maximum atomic E-state index is 9.15. The zero-order valence-electron chi connectivity index (χ0n) is 16.9. The van der Waals surface area contributed by atoms with E-state index in [-0.39, 0.29) is 5.92 Å². The van der Waals surface area contributed by atoms with E-state index in [0.717, 1.165) is 73.1 Å². The molecule has 4 heterocycles. The van der Waals surface area contributed by atoms with Gasteiger partial charge in [-0.1, -0.05) is 0 Å². The highest BCUT2D eigenvalue weighted by molar-refractivity contribution is 5.80. The number of benzene rings is 1. The second-order valence-electron chi connectivity index (χ2n) is 7.85. The monoisotopic (exact) mass is 401 g/mol. The minimum absolute atomic E-state index is 0.157. The normalized spacial score (nSPS) is 17.6. The highest BCUT2D eigenvalue weighted by Crippen LogP contribution is 2.34. The summed E-state index contributed by atoms with van der Waals surface area (Å²) < 4.78 is 5.31. The third-order valence-corrected chi connectivity index (χ3v) is 6.01. The fourth-order valence-corrected chi connectivity index (χ4v) is 4.18. The van der Waals surface area contributed by atoms with Crippen LogP contribution in [0.2, 0.25) is 0 Å². The molecule has 5 rings (SSSR count). The molecule has 0 amide bonds. The number of ether oxygens (including phenoxy) is 1. The molecule has 2 aliphatic rings. The molecule has 8 heteroatoms. The van der Waals surface area contributed by atoms with Crippen LogP contribution in [0.4, 0.5) is 11.8 Å². The lowest BCUT2D eigenvalue weighted by atomic mass is 9.94. The van der Waals surface area contributed by atoms with E-state index in [1.807, 2.05) is 24.4 Å². The molecule has 0 radical (unpaired) electrons. The molecule has 2 aliphatic heterocycles. The van der Waals surface area contributed by atoms with E-state index in [1.54, 1.807) is 19.5 Å². The maximum absolute atomic E-state index is 9.15.